The molecular weight excluding hydrogens is 474 g/mol. The van der Waals surface area contributed by atoms with Gasteiger partial charge in [-0.3, -0.25) is 14.9 Å². The minimum atomic E-state index is -3.66. The minimum Gasteiger partial charge on any atom is -0.312 e. The summed E-state index contributed by atoms with van der Waals surface area (Å²) in [7, 11) is -3.66. The largest absolute Gasteiger partial charge is 0.312 e. The van der Waals surface area contributed by atoms with Gasteiger partial charge in [-0.15, -0.1) is 11.3 Å². The molecule has 1 atom stereocenters. The first-order valence-electron chi connectivity index (χ1n) is 10.5. The van der Waals surface area contributed by atoms with E-state index in [1.165, 1.54) is 27.8 Å². The number of nitro groups is 1. The third-order valence-corrected chi connectivity index (χ3v) is 9.54. The van der Waals surface area contributed by atoms with Gasteiger partial charge in [0.05, 0.1) is 16.5 Å². The Morgan fingerprint density at radius 1 is 1.28 bits per heavy atom. The number of anilines is 1. The summed E-state index contributed by atoms with van der Waals surface area (Å²) < 4.78 is 27.8. The van der Waals surface area contributed by atoms with Crippen molar-refractivity contribution in [1.29, 1.82) is 0 Å². The van der Waals surface area contributed by atoms with Crippen molar-refractivity contribution in [1.82, 2.24) is 4.31 Å². The van der Waals surface area contributed by atoms with Crippen LogP contribution in [0.15, 0.2) is 34.5 Å². The highest BCUT2D eigenvalue weighted by Gasteiger charge is 2.38. The Hall–Kier alpha value is -2.01. The third-order valence-electron chi connectivity index (χ3n) is 5.89. The molecule has 32 heavy (non-hydrogen) atoms. The van der Waals surface area contributed by atoms with E-state index in [4.69, 9.17) is 11.6 Å². The number of halogens is 1. The maximum atomic E-state index is 13.5. The SMILES string of the molecule is Cc1ccc(S(=O)(=O)N2CCC[C@@H](C(=O)N(CC3CC3)c3ccc(Cl)c([N+](=O)[O-])c3)C2)s1. The highest BCUT2D eigenvalue weighted by Crippen LogP contribution is 2.36. The molecule has 1 aromatic heterocycles. The topological polar surface area (TPSA) is 101 Å². The number of rotatable bonds is 7. The van der Waals surface area contributed by atoms with Crippen LogP contribution in [0.2, 0.25) is 5.02 Å². The van der Waals surface area contributed by atoms with Crippen molar-refractivity contribution < 1.29 is 18.1 Å². The van der Waals surface area contributed by atoms with Crippen molar-refractivity contribution in [2.24, 2.45) is 11.8 Å². The number of benzene rings is 1. The number of nitro benzene ring substituents is 1. The molecule has 1 aliphatic heterocycles. The van der Waals surface area contributed by atoms with E-state index >= 15 is 0 Å². The van der Waals surface area contributed by atoms with E-state index in [-0.39, 0.29) is 27.4 Å². The van der Waals surface area contributed by atoms with Gasteiger partial charge >= 0.3 is 0 Å². The maximum Gasteiger partial charge on any atom is 0.289 e. The molecule has 2 aliphatic rings. The average molecular weight is 498 g/mol. The average Bonchev–Trinajstić information content (AvgIpc) is 3.48. The lowest BCUT2D eigenvalue weighted by atomic mass is 9.97. The van der Waals surface area contributed by atoms with Gasteiger partial charge < -0.3 is 4.90 Å². The molecule has 1 aromatic carbocycles. The molecule has 172 valence electrons. The van der Waals surface area contributed by atoms with Crippen LogP contribution in [0.25, 0.3) is 0 Å². The van der Waals surface area contributed by atoms with Gasteiger partial charge in [0.1, 0.15) is 9.23 Å². The van der Waals surface area contributed by atoms with Crippen LogP contribution >= 0.6 is 22.9 Å². The first-order valence-corrected chi connectivity index (χ1v) is 13.1. The molecule has 1 saturated heterocycles. The summed E-state index contributed by atoms with van der Waals surface area (Å²) in [6.07, 6.45) is 3.16. The molecule has 2 aromatic rings. The zero-order valence-corrected chi connectivity index (χ0v) is 20.0. The minimum absolute atomic E-state index is 0.0127. The van der Waals surface area contributed by atoms with E-state index in [1.54, 1.807) is 23.1 Å². The van der Waals surface area contributed by atoms with Crippen LogP contribution in [-0.2, 0) is 14.8 Å². The Kier molecular flexibility index (Phi) is 6.58. The molecule has 1 aliphatic carbocycles. The molecule has 11 heteroatoms. The molecule has 0 spiro atoms. The number of hydrogen-bond donors (Lipinski definition) is 0. The number of hydrogen-bond acceptors (Lipinski definition) is 6. The number of piperidine rings is 1. The first-order chi connectivity index (χ1) is 15.2. The van der Waals surface area contributed by atoms with E-state index in [1.807, 2.05) is 6.92 Å². The number of thiophene rings is 1. The van der Waals surface area contributed by atoms with Crippen LogP contribution in [0, 0.1) is 28.9 Å². The first kappa shape index (κ1) is 23.2. The number of nitrogens with zero attached hydrogens (tertiary/aromatic N) is 3. The van der Waals surface area contributed by atoms with Crippen LogP contribution in [0.4, 0.5) is 11.4 Å². The predicted octanol–water partition coefficient (Wildman–Crippen LogP) is 4.46. The Balaban J connectivity index is 1.58. The molecule has 0 unspecified atom stereocenters. The summed E-state index contributed by atoms with van der Waals surface area (Å²) >= 11 is 7.18. The highest BCUT2D eigenvalue weighted by molar-refractivity contribution is 7.91. The van der Waals surface area contributed by atoms with Gasteiger partial charge in [0.2, 0.25) is 5.91 Å². The maximum absolute atomic E-state index is 13.5. The fourth-order valence-corrected chi connectivity index (χ4v) is 7.10. The molecule has 2 heterocycles. The number of sulfonamides is 1. The van der Waals surface area contributed by atoms with Gasteiger partial charge in [-0.1, -0.05) is 11.6 Å². The monoisotopic (exact) mass is 497 g/mol. The van der Waals surface area contributed by atoms with E-state index < -0.39 is 20.9 Å². The van der Waals surface area contributed by atoms with Crippen molar-refractivity contribution in [2.75, 3.05) is 24.5 Å². The summed E-state index contributed by atoms with van der Waals surface area (Å²) in [6.45, 7) is 2.80. The van der Waals surface area contributed by atoms with E-state index in [9.17, 15) is 23.3 Å². The summed E-state index contributed by atoms with van der Waals surface area (Å²) in [5.74, 6) is -0.352. The summed E-state index contributed by atoms with van der Waals surface area (Å²) in [6, 6.07) is 7.75. The van der Waals surface area contributed by atoms with Crippen LogP contribution in [0.3, 0.4) is 0 Å². The van der Waals surface area contributed by atoms with Gasteiger partial charge in [-0.2, -0.15) is 4.31 Å². The summed E-state index contributed by atoms with van der Waals surface area (Å²) in [5, 5.41) is 11.4. The molecule has 4 rings (SSSR count). The standard InChI is InChI=1S/C21H24ClN3O5S2/c1-14-4-9-20(31-14)32(29,30)23-10-2-3-16(13-23)21(26)24(12-15-5-6-15)17-7-8-18(22)19(11-17)25(27)28/h4,7-9,11,15-16H,2-3,5-6,10,12-13H2,1H3/t16-/m1/s1. The number of carbonyl (C=O) groups excluding carboxylic acids is 1. The molecule has 2 fully saturated rings. The Labute approximate surface area is 196 Å². The van der Waals surface area contributed by atoms with Crippen LogP contribution < -0.4 is 4.90 Å². The summed E-state index contributed by atoms with van der Waals surface area (Å²) in [4.78, 5) is 26.8. The smallest absolute Gasteiger partial charge is 0.289 e. The predicted molar refractivity (Wildman–Crippen MR) is 124 cm³/mol. The van der Waals surface area contributed by atoms with Gasteiger partial charge in [-0.25, -0.2) is 8.42 Å². The Morgan fingerprint density at radius 2 is 2.03 bits per heavy atom. The second-order valence-corrected chi connectivity index (χ2v) is 12.2. The molecule has 0 bridgehead atoms. The summed E-state index contributed by atoms with van der Waals surface area (Å²) in [5.41, 5.74) is 0.172. The van der Waals surface area contributed by atoms with Crippen LogP contribution in [0.1, 0.15) is 30.6 Å². The Bertz CT molecular complexity index is 1150. The number of carbonyl (C=O) groups is 1. The van der Waals surface area contributed by atoms with E-state index in [2.05, 4.69) is 0 Å². The van der Waals surface area contributed by atoms with Gasteiger partial charge in [0, 0.05) is 30.6 Å². The number of aryl methyl sites for hydroxylation is 1. The van der Waals surface area contributed by atoms with E-state index in [0.29, 0.717) is 37.5 Å². The molecular formula is C21H24ClN3O5S2. The second-order valence-electron chi connectivity index (χ2n) is 8.35. The Morgan fingerprint density at radius 3 is 2.66 bits per heavy atom. The van der Waals surface area contributed by atoms with Crippen LogP contribution in [-0.4, -0.2) is 43.2 Å². The molecule has 0 N–H and O–H groups in total. The van der Waals surface area contributed by atoms with Crippen molar-refractivity contribution in [3.63, 3.8) is 0 Å². The van der Waals surface area contributed by atoms with Crippen molar-refractivity contribution in [3.05, 3.63) is 50.3 Å². The fourth-order valence-electron chi connectivity index (χ4n) is 3.95. The van der Waals surface area contributed by atoms with Gasteiger partial charge in [0.25, 0.3) is 15.7 Å². The van der Waals surface area contributed by atoms with Gasteiger partial charge in [0.15, 0.2) is 0 Å². The zero-order valence-electron chi connectivity index (χ0n) is 17.6. The fraction of sp³-hybridized carbons (Fsp3) is 0.476. The highest BCUT2D eigenvalue weighted by atomic mass is 35.5. The second kappa shape index (κ2) is 9.09. The molecule has 1 saturated carbocycles. The lowest BCUT2D eigenvalue weighted by Crippen LogP contribution is -2.47. The lowest BCUT2D eigenvalue weighted by molar-refractivity contribution is -0.384. The third kappa shape index (κ3) is 4.83. The van der Waals surface area contributed by atoms with Crippen molar-refractivity contribution in [2.45, 2.75) is 36.8 Å². The van der Waals surface area contributed by atoms with Gasteiger partial charge in [-0.05, 0) is 62.8 Å². The molecule has 0 radical (unpaired) electrons. The normalized spacial score (nSPS) is 19.6. The van der Waals surface area contributed by atoms with Crippen molar-refractivity contribution >= 4 is 50.2 Å². The molecule has 8 nitrogen and oxygen atoms in total. The van der Waals surface area contributed by atoms with Crippen molar-refractivity contribution in [3.8, 4) is 0 Å². The quantitative estimate of drug-likeness (QED) is 0.415. The van der Waals surface area contributed by atoms with Crippen LogP contribution in [0.5, 0.6) is 0 Å². The lowest BCUT2D eigenvalue weighted by Gasteiger charge is -2.34. The zero-order chi connectivity index (χ0) is 23.0. The number of amides is 1. The van der Waals surface area contributed by atoms with E-state index in [0.717, 1.165) is 17.7 Å². The molecule has 1 amide bonds.